The van der Waals surface area contributed by atoms with Crippen LogP contribution in [0.4, 0.5) is 0 Å². The van der Waals surface area contributed by atoms with Gasteiger partial charge in [-0.15, -0.1) is 0 Å². The van der Waals surface area contributed by atoms with E-state index < -0.39 is 107 Å². The van der Waals surface area contributed by atoms with Gasteiger partial charge in [0.1, 0.15) is 17.6 Å². The van der Waals surface area contributed by atoms with Crippen LogP contribution in [0.2, 0.25) is 0 Å². The first-order valence-electron chi connectivity index (χ1n) is 28.4. The van der Waals surface area contributed by atoms with Gasteiger partial charge in [0.2, 0.25) is 23.6 Å². The third-order valence-electron chi connectivity index (χ3n) is 14.3. The molecule has 0 heterocycles. The van der Waals surface area contributed by atoms with Gasteiger partial charge in [0.05, 0.1) is 42.3 Å². The predicted molar refractivity (Wildman–Crippen MR) is 318 cm³/mol. The predicted octanol–water partition coefficient (Wildman–Crippen LogP) is 10.2. The van der Waals surface area contributed by atoms with E-state index in [2.05, 4.69) is 47.1 Å². The number of ketones is 3. The number of likely N-dealkylation sites (N-methyl/N-ethyl adjacent to an activating group) is 1. The van der Waals surface area contributed by atoms with Crippen molar-refractivity contribution in [3.05, 3.63) is 167 Å². The Morgan fingerprint density at radius 3 is 1.59 bits per heavy atom. The molecular formula is C67H84N4O11. The Bertz CT molecular complexity index is 2840. The smallest absolute Gasteiger partial charge is 0.326 e. The molecule has 4 N–H and O–H groups in total. The summed E-state index contributed by atoms with van der Waals surface area (Å²) in [6.07, 6.45) is 0.447. The second kappa shape index (κ2) is 29.9. The van der Waals surface area contributed by atoms with Gasteiger partial charge in [0.25, 0.3) is 0 Å². The van der Waals surface area contributed by atoms with Crippen LogP contribution in [0.15, 0.2) is 140 Å². The molecule has 0 aliphatic rings. The lowest BCUT2D eigenvalue weighted by Gasteiger charge is -2.37. The zero-order valence-corrected chi connectivity index (χ0v) is 49.6. The van der Waals surface area contributed by atoms with Gasteiger partial charge in [-0.25, -0.2) is 4.79 Å². The van der Waals surface area contributed by atoms with Gasteiger partial charge in [0, 0.05) is 44.2 Å². The molecule has 82 heavy (non-hydrogen) atoms. The maximum Gasteiger partial charge on any atom is 0.326 e. The van der Waals surface area contributed by atoms with E-state index in [1.165, 1.54) is 31.4 Å². The molecule has 0 saturated carbocycles. The van der Waals surface area contributed by atoms with Gasteiger partial charge in [-0.3, -0.25) is 33.6 Å². The molecule has 0 aromatic heterocycles. The SMILES string of the molecule is CCCCc1ccc(-c2ccc(C(=O)C[C@H](COC(C)(C)C)C(=O)N[C@H](C)C(=O)CCC(=O)N(C)[C@H](C(=O)C[C@@H](C)C(=O)N[C@@H](CC(=O)NC(c3ccccc3)(c3ccccc3)c3ccccc3)C(=O)O)[C@@H](C)OC(C)(C)C)cc2)cc1. The molecule has 15 heteroatoms. The third kappa shape index (κ3) is 19.0. The molecule has 5 rings (SSSR count). The van der Waals surface area contributed by atoms with Crippen molar-refractivity contribution in [1.82, 2.24) is 20.9 Å². The van der Waals surface area contributed by atoms with Crippen LogP contribution in [0.5, 0.6) is 0 Å². The number of unbranched alkanes of at least 4 members (excludes halogenated alkanes) is 1. The average molecular weight is 1120 g/mol. The molecule has 0 radical (unpaired) electrons. The molecule has 0 aliphatic carbocycles. The summed E-state index contributed by atoms with van der Waals surface area (Å²) < 4.78 is 12.2. The molecule has 4 amide bonds. The monoisotopic (exact) mass is 1120 g/mol. The summed E-state index contributed by atoms with van der Waals surface area (Å²) in [5.74, 6) is -7.45. The van der Waals surface area contributed by atoms with Crippen molar-refractivity contribution in [2.75, 3.05) is 13.7 Å². The van der Waals surface area contributed by atoms with Crippen molar-refractivity contribution >= 4 is 46.9 Å². The van der Waals surface area contributed by atoms with E-state index in [4.69, 9.17) is 9.47 Å². The fraction of sp³-hybridized carbons (Fsp3) is 0.433. The highest BCUT2D eigenvalue weighted by atomic mass is 16.5. The summed E-state index contributed by atoms with van der Waals surface area (Å²) in [5.41, 5.74) is 3.18. The van der Waals surface area contributed by atoms with Crippen LogP contribution in [-0.4, -0.2) is 106 Å². The van der Waals surface area contributed by atoms with E-state index in [0.29, 0.717) is 22.3 Å². The van der Waals surface area contributed by atoms with E-state index in [1.807, 2.05) is 124 Å². The summed E-state index contributed by atoms with van der Waals surface area (Å²) in [5, 5.41) is 18.7. The summed E-state index contributed by atoms with van der Waals surface area (Å²) in [6, 6.07) is 39.4. The molecule has 438 valence electrons. The number of carboxylic acids is 1. The Hall–Kier alpha value is -7.62. The van der Waals surface area contributed by atoms with E-state index in [1.54, 1.807) is 39.8 Å². The number of Topliss-reactive ketones (excluding diaryl/α,β-unsaturated/α-hetero) is 3. The molecule has 0 aliphatic heterocycles. The number of carbonyl (C=O) groups excluding carboxylic acids is 7. The summed E-state index contributed by atoms with van der Waals surface area (Å²) in [4.78, 5) is 111. The number of hydrogen-bond donors (Lipinski definition) is 4. The molecule has 0 bridgehead atoms. The van der Waals surface area contributed by atoms with Gasteiger partial charge < -0.3 is 35.4 Å². The van der Waals surface area contributed by atoms with E-state index in [9.17, 15) is 43.5 Å². The van der Waals surface area contributed by atoms with Crippen molar-refractivity contribution < 1.29 is 52.9 Å². The number of aliphatic carboxylic acids is 1. The molecule has 0 spiro atoms. The van der Waals surface area contributed by atoms with Crippen LogP contribution in [-0.2, 0) is 55.0 Å². The van der Waals surface area contributed by atoms with Gasteiger partial charge in [-0.05, 0) is 102 Å². The van der Waals surface area contributed by atoms with Crippen molar-refractivity contribution in [2.45, 2.75) is 162 Å². The highest BCUT2D eigenvalue weighted by Gasteiger charge is 2.40. The highest BCUT2D eigenvalue weighted by Crippen LogP contribution is 2.37. The first kappa shape index (κ1) is 65.2. The lowest BCUT2D eigenvalue weighted by atomic mass is 9.77. The molecule has 0 unspecified atom stereocenters. The standard InChI is InChI=1S/C67H84N4O11/c1-12-13-23-47-30-32-48(33-31-47)49-34-36-50(37-35-49)57(73)41-51(43-81-65(5,6)7)63(78)68-45(3)56(72)38-39-60(76)71(11)61(46(4)82-66(8,9)10)58(74)40-44(2)62(77)69-55(64(79)80)42-59(75)70-67(52-24-17-14-18-25-52,53-26-19-15-20-27-53)54-28-21-16-22-29-54/h14-22,24-37,44-46,51,55,61H,12-13,23,38-43H2,1-11H3,(H,68,78)(H,69,77)(H,70,75)(H,79,80)/t44-,45-,46-,51-,55+,61+/m1/s1. The van der Waals surface area contributed by atoms with Crippen LogP contribution in [0.3, 0.4) is 0 Å². The average Bonchev–Trinajstić information content (AvgIpc) is 2.06. The first-order chi connectivity index (χ1) is 38.7. The summed E-state index contributed by atoms with van der Waals surface area (Å²) in [6.45, 7) is 17.5. The Balaban J connectivity index is 1.22. The number of rotatable bonds is 30. The Morgan fingerprint density at radius 1 is 0.598 bits per heavy atom. The summed E-state index contributed by atoms with van der Waals surface area (Å²) >= 11 is 0. The fourth-order valence-electron chi connectivity index (χ4n) is 9.87. The lowest BCUT2D eigenvalue weighted by molar-refractivity contribution is -0.150. The number of carboxylic acid groups (broad SMARTS) is 1. The highest BCUT2D eigenvalue weighted by molar-refractivity contribution is 6.00. The number of aryl methyl sites for hydroxylation is 1. The van der Waals surface area contributed by atoms with Gasteiger partial charge in [-0.2, -0.15) is 0 Å². The zero-order valence-electron chi connectivity index (χ0n) is 49.6. The van der Waals surface area contributed by atoms with Crippen LogP contribution in [0, 0.1) is 11.8 Å². The van der Waals surface area contributed by atoms with Crippen molar-refractivity contribution in [3.63, 3.8) is 0 Å². The molecule has 5 aromatic carbocycles. The van der Waals surface area contributed by atoms with Crippen molar-refractivity contribution in [1.29, 1.82) is 0 Å². The van der Waals surface area contributed by atoms with E-state index >= 15 is 0 Å². The minimum atomic E-state index is -1.68. The normalized spacial score (nSPS) is 14.0. The number of benzene rings is 5. The maximum atomic E-state index is 14.3. The molecular weight excluding hydrogens is 1040 g/mol. The van der Waals surface area contributed by atoms with Gasteiger partial charge >= 0.3 is 5.97 Å². The van der Waals surface area contributed by atoms with E-state index in [0.717, 1.165) is 30.4 Å². The quantitative estimate of drug-likeness (QED) is 0.0251. The second-order valence-corrected chi connectivity index (χ2v) is 23.3. The molecule has 0 saturated heterocycles. The Kier molecular flexibility index (Phi) is 23.8. The first-order valence-corrected chi connectivity index (χ1v) is 28.4. The molecule has 6 atom stereocenters. The van der Waals surface area contributed by atoms with Crippen molar-refractivity contribution in [2.24, 2.45) is 11.8 Å². The maximum absolute atomic E-state index is 14.3. The number of amides is 4. The minimum absolute atomic E-state index is 0.0876. The largest absolute Gasteiger partial charge is 0.480 e. The third-order valence-corrected chi connectivity index (χ3v) is 14.3. The molecule has 5 aromatic rings. The Labute approximate surface area is 484 Å². The van der Waals surface area contributed by atoms with Gasteiger partial charge in [0.15, 0.2) is 17.3 Å². The second-order valence-electron chi connectivity index (χ2n) is 23.3. The number of nitrogens with one attached hydrogen (secondary N) is 3. The zero-order chi connectivity index (χ0) is 60.4. The number of nitrogens with zero attached hydrogens (tertiary/aromatic N) is 1. The van der Waals surface area contributed by atoms with Crippen LogP contribution in [0.1, 0.15) is 147 Å². The van der Waals surface area contributed by atoms with Crippen LogP contribution in [0.25, 0.3) is 11.1 Å². The van der Waals surface area contributed by atoms with E-state index in [-0.39, 0.29) is 31.7 Å². The molecule has 15 nitrogen and oxygen atoms in total. The van der Waals surface area contributed by atoms with Crippen LogP contribution >= 0.6 is 0 Å². The van der Waals surface area contributed by atoms with Gasteiger partial charge in [-0.1, -0.05) is 160 Å². The van der Waals surface area contributed by atoms with Crippen molar-refractivity contribution in [3.8, 4) is 11.1 Å². The number of ether oxygens (including phenoxy) is 2. The fourth-order valence-corrected chi connectivity index (χ4v) is 9.87. The Morgan fingerprint density at radius 2 is 1.11 bits per heavy atom. The number of carbonyl (C=O) groups is 8. The molecule has 0 fully saturated rings. The van der Waals surface area contributed by atoms with Crippen LogP contribution < -0.4 is 16.0 Å². The summed E-state index contributed by atoms with van der Waals surface area (Å²) in [7, 11) is 1.41. The topological polar surface area (TPSA) is 215 Å². The minimum Gasteiger partial charge on any atom is -0.480 e. The lowest BCUT2D eigenvalue weighted by Crippen LogP contribution is -2.53. The number of hydrogen-bond acceptors (Lipinski definition) is 10.